The molecule has 9 atom stereocenters. The van der Waals surface area contributed by atoms with Crippen LogP contribution in [0.15, 0.2) is 35.9 Å². The van der Waals surface area contributed by atoms with Gasteiger partial charge in [0.25, 0.3) is 0 Å². The Balaban J connectivity index is 1.15. The Morgan fingerprint density at radius 1 is 0.977 bits per heavy atom. The molecule has 5 fully saturated rings. The number of carbonyl (C=O) groups excluding carboxylic acids is 1. The zero-order valence-corrected chi connectivity index (χ0v) is 28.8. The van der Waals surface area contributed by atoms with Crippen LogP contribution < -0.4 is 4.74 Å². The molecule has 6 rings (SSSR count). The second-order valence-electron chi connectivity index (χ2n) is 17.0. The number of aromatic hydroxyl groups is 1. The average molecular weight is 603 g/mol. The van der Waals surface area contributed by atoms with Crippen molar-refractivity contribution in [2.75, 3.05) is 7.11 Å². The van der Waals surface area contributed by atoms with Crippen molar-refractivity contribution in [2.45, 2.75) is 125 Å². The van der Waals surface area contributed by atoms with Crippen molar-refractivity contribution in [2.24, 2.45) is 50.7 Å². The molecule has 4 heteroatoms. The van der Waals surface area contributed by atoms with E-state index >= 15 is 0 Å². The topological polar surface area (TPSA) is 55.8 Å². The van der Waals surface area contributed by atoms with Crippen LogP contribution >= 0.6 is 0 Å². The molecule has 0 bridgehead atoms. The van der Waals surface area contributed by atoms with Gasteiger partial charge in [-0.05, 0) is 154 Å². The molecule has 0 unspecified atom stereocenters. The van der Waals surface area contributed by atoms with E-state index in [1.165, 1.54) is 83.0 Å². The van der Waals surface area contributed by atoms with Gasteiger partial charge in [0.15, 0.2) is 11.5 Å². The molecule has 0 heterocycles. The fraction of sp³-hybridized carbons (Fsp3) is 0.725. The number of hydrogen-bond donors (Lipinski definition) is 1. The van der Waals surface area contributed by atoms with E-state index in [0.717, 1.165) is 29.7 Å². The SMILES string of the molecule is COc1cc(/C=C/C(=O)O[C@H]2CC[C@]34C[C@]35CC[C@]3(C)[C@@H]([C@H](C)CCC=C(C)C)CC[C@@]3(C)[C@H]5CC[C@H]4C2(C)C)ccc1O. The highest BCUT2D eigenvalue weighted by Crippen LogP contribution is 2.89. The molecule has 5 saturated carbocycles. The first-order chi connectivity index (χ1) is 20.7. The van der Waals surface area contributed by atoms with Crippen molar-refractivity contribution in [1.82, 2.24) is 0 Å². The van der Waals surface area contributed by atoms with E-state index in [2.05, 4.69) is 54.5 Å². The maximum Gasteiger partial charge on any atom is 0.331 e. The van der Waals surface area contributed by atoms with Gasteiger partial charge in [0, 0.05) is 11.5 Å². The lowest BCUT2D eigenvalue weighted by Gasteiger charge is -2.63. The van der Waals surface area contributed by atoms with Crippen LogP contribution in [0.3, 0.4) is 0 Å². The molecule has 242 valence electrons. The maximum atomic E-state index is 13.1. The molecule has 1 aromatic rings. The summed E-state index contributed by atoms with van der Waals surface area (Å²) in [6, 6.07) is 5.09. The molecule has 4 nitrogen and oxygen atoms in total. The summed E-state index contributed by atoms with van der Waals surface area (Å²) in [7, 11) is 1.53. The van der Waals surface area contributed by atoms with Gasteiger partial charge in [0.05, 0.1) is 7.11 Å². The number of rotatable bonds is 8. The Kier molecular flexibility index (Phi) is 7.89. The summed E-state index contributed by atoms with van der Waals surface area (Å²) < 4.78 is 11.4. The number of hydrogen-bond acceptors (Lipinski definition) is 4. The van der Waals surface area contributed by atoms with Crippen molar-refractivity contribution < 1.29 is 19.4 Å². The summed E-state index contributed by atoms with van der Waals surface area (Å²) in [5.41, 5.74) is 4.08. The third kappa shape index (κ3) is 4.62. The first-order valence-corrected chi connectivity index (χ1v) is 17.6. The highest BCUT2D eigenvalue weighted by atomic mass is 16.5. The van der Waals surface area contributed by atoms with E-state index in [4.69, 9.17) is 9.47 Å². The van der Waals surface area contributed by atoms with Crippen molar-refractivity contribution >= 4 is 12.0 Å². The zero-order valence-electron chi connectivity index (χ0n) is 28.8. The largest absolute Gasteiger partial charge is 0.504 e. The van der Waals surface area contributed by atoms with E-state index in [9.17, 15) is 9.90 Å². The lowest BCUT2D eigenvalue weighted by atomic mass is 9.41. The number of benzene rings is 1. The van der Waals surface area contributed by atoms with Gasteiger partial charge in [-0.1, -0.05) is 52.3 Å². The number of fused-ring (bicyclic) bond motifs is 2. The Hall–Kier alpha value is -2.23. The Bertz CT molecular complexity index is 1340. The first-order valence-electron chi connectivity index (χ1n) is 17.6. The van der Waals surface area contributed by atoms with Crippen LogP contribution in [0.5, 0.6) is 11.5 Å². The van der Waals surface area contributed by atoms with Crippen LogP contribution in [0.2, 0.25) is 0 Å². The zero-order chi connectivity index (χ0) is 31.7. The number of allylic oxidation sites excluding steroid dienone is 2. The van der Waals surface area contributed by atoms with Gasteiger partial charge in [-0.15, -0.1) is 0 Å². The summed E-state index contributed by atoms with van der Waals surface area (Å²) in [5, 5.41) is 9.88. The number of ether oxygens (including phenoxy) is 2. The van der Waals surface area contributed by atoms with Crippen molar-refractivity contribution in [3.05, 3.63) is 41.5 Å². The quantitative estimate of drug-likeness (QED) is 0.183. The monoisotopic (exact) mass is 602 g/mol. The highest BCUT2D eigenvalue weighted by molar-refractivity contribution is 5.87. The van der Waals surface area contributed by atoms with Crippen molar-refractivity contribution in [3.63, 3.8) is 0 Å². The van der Waals surface area contributed by atoms with Crippen LogP contribution in [0.1, 0.15) is 125 Å². The minimum absolute atomic E-state index is 0.0305. The summed E-state index contributed by atoms with van der Waals surface area (Å²) in [4.78, 5) is 13.1. The number of carbonyl (C=O) groups is 1. The molecule has 44 heavy (non-hydrogen) atoms. The van der Waals surface area contributed by atoms with Gasteiger partial charge in [0.2, 0.25) is 0 Å². The third-order valence-corrected chi connectivity index (χ3v) is 14.8. The molecule has 1 aromatic carbocycles. The number of phenols is 1. The smallest absolute Gasteiger partial charge is 0.331 e. The molecular weight excluding hydrogens is 544 g/mol. The standard InChI is InChI=1S/C40H58O4/c1-26(2)10-9-11-27(3)29-18-20-38(7)33-16-15-32-36(4,5)34(19-21-39(32)25-40(33,39)23-22-37(29,38)6)44-35(42)17-13-28-12-14-30(41)31(24-28)43-8/h10,12-14,17,24,27,29,32-34,41H,9,11,15-16,18-23,25H2,1-8H3/b17-13+/t27-,29-,32+,33-,34+,37-,38+,39-,40+/m1/s1. The van der Waals surface area contributed by atoms with Crippen molar-refractivity contribution in [3.8, 4) is 11.5 Å². The predicted octanol–water partition coefficient (Wildman–Crippen LogP) is 10.1. The molecule has 5 aliphatic carbocycles. The Labute approximate surface area is 267 Å². The van der Waals surface area contributed by atoms with Gasteiger partial charge >= 0.3 is 5.97 Å². The van der Waals surface area contributed by atoms with Crippen LogP contribution in [0, 0.1) is 50.7 Å². The van der Waals surface area contributed by atoms with Gasteiger partial charge in [0.1, 0.15) is 6.10 Å². The molecule has 0 aliphatic heterocycles. The summed E-state index contributed by atoms with van der Waals surface area (Å²) in [6.07, 6.45) is 20.1. The minimum atomic E-state index is -0.276. The lowest BCUT2D eigenvalue weighted by molar-refractivity contribution is -0.179. The highest BCUT2D eigenvalue weighted by Gasteiger charge is 2.82. The number of esters is 1. The number of methoxy groups -OCH3 is 1. The lowest BCUT2D eigenvalue weighted by Crippen LogP contribution is -2.58. The summed E-state index contributed by atoms with van der Waals surface area (Å²) in [5.74, 6) is 3.33. The van der Waals surface area contributed by atoms with Gasteiger partial charge in [-0.2, -0.15) is 0 Å². The summed E-state index contributed by atoms with van der Waals surface area (Å²) >= 11 is 0. The van der Waals surface area contributed by atoms with Gasteiger partial charge in [-0.25, -0.2) is 4.79 Å². The molecule has 5 aliphatic rings. The summed E-state index contributed by atoms with van der Waals surface area (Å²) in [6.45, 7) is 17.2. The third-order valence-electron chi connectivity index (χ3n) is 14.8. The van der Waals surface area contributed by atoms with Crippen LogP contribution in [0.4, 0.5) is 0 Å². The molecule has 0 saturated heterocycles. The Morgan fingerprint density at radius 3 is 2.43 bits per heavy atom. The van der Waals surface area contributed by atoms with Gasteiger partial charge < -0.3 is 14.6 Å². The van der Waals surface area contributed by atoms with E-state index in [0.29, 0.717) is 33.3 Å². The van der Waals surface area contributed by atoms with Crippen LogP contribution in [-0.4, -0.2) is 24.3 Å². The predicted molar refractivity (Wildman–Crippen MR) is 178 cm³/mol. The molecule has 0 radical (unpaired) electrons. The number of phenolic OH excluding ortho intramolecular Hbond substituents is 1. The van der Waals surface area contributed by atoms with Gasteiger partial charge in [-0.3, -0.25) is 0 Å². The molecule has 1 N–H and O–H groups in total. The average Bonchev–Trinajstić information content (AvgIpc) is 3.55. The van der Waals surface area contributed by atoms with E-state index in [1.807, 2.05) is 0 Å². The molecular formula is C40H58O4. The minimum Gasteiger partial charge on any atom is -0.504 e. The van der Waals surface area contributed by atoms with E-state index in [1.54, 1.807) is 24.3 Å². The van der Waals surface area contributed by atoms with E-state index < -0.39 is 0 Å². The fourth-order valence-corrected chi connectivity index (χ4v) is 12.5. The first kappa shape index (κ1) is 31.7. The second-order valence-corrected chi connectivity index (χ2v) is 17.0. The Morgan fingerprint density at radius 2 is 1.70 bits per heavy atom. The van der Waals surface area contributed by atoms with E-state index in [-0.39, 0.29) is 23.2 Å². The molecule has 0 aromatic heterocycles. The second kappa shape index (κ2) is 10.9. The fourth-order valence-electron chi connectivity index (χ4n) is 12.5. The molecule has 2 spiro atoms. The van der Waals surface area contributed by atoms with Crippen LogP contribution in [0.25, 0.3) is 6.08 Å². The van der Waals surface area contributed by atoms with Crippen molar-refractivity contribution in [1.29, 1.82) is 0 Å². The maximum absolute atomic E-state index is 13.1. The normalized spacial score (nSPS) is 40.6. The van der Waals surface area contributed by atoms with Crippen LogP contribution in [-0.2, 0) is 9.53 Å². The molecule has 0 amide bonds.